The fourth-order valence-corrected chi connectivity index (χ4v) is 6.50. The predicted octanol–water partition coefficient (Wildman–Crippen LogP) is 3.85. The Kier molecular flexibility index (Phi) is 3.09. The molecule has 2 rings (SSSR count). The van der Waals surface area contributed by atoms with Crippen molar-refractivity contribution in [2.45, 2.75) is 31.6 Å². The van der Waals surface area contributed by atoms with Gasteiger partial charge in [-0.3, -0.25) is 0 Å². The lowest BCUT2D eigenvalue weighted by Gasteiger charge is -2.20. The Bertz CT molecular complexity index is 345. The minimum absolute atomic E-state index is 0.817. The zero-order chi connectivity index (χ0) is 10.0. The first kappa shape index (κ1) is 10.4. The van der Waals surface area contributed by atoms with Crippen LogP contribution in [0.5, 0.6) is 0 Å². The SMILES string of the molecule is C[C@H]1CCC[P@@]1(=S)Cc1ccccc1. The van der Waals surface area contributed by atoms with Crippen LogP contribution in [0, 0.1) is 0 Å². The van der Waals surface area contributed by atoms with E-state index in [4.69, 9.17) is 11.8 Å². The summed E-state index contributed by atoms with van der Waals surface area (Å²) in [4.78, 5) is 0. The van der Waals surface area contributed by atoms with Crippen molar-refractivity contribution in [3.05, 3.63) is 35.9 Å². The summed E-state index contributed by atoms with van der Waals surface area (Å²) in [6.45, 7) is 2.36. The molecule has 0 amide bonds. The summed E-state index contributed by atoms with van der Waals surface area (Å²) in [6, 6.07) is 9.72. The van der Waals surface area contributed by atoms with Gasteiger partial charge in [0, 0.05) is 6.16 Å². The molecule has 0 radical (unpaired) electrons. The molecule has 1 aromatic carbocycles. The van der Waals surface area contributed by atoms with E-state index in [0.29, 0.717) is 0 Å². The zero-order valence-corrected chi connectivity index (χ0v) is 10.4. The molecule has 0 aromatic heterocycles. The zero-order valence-electron chi connectivity index (χ0n) is 8.65. The molecule has 1 heterocycles. The van der Waals surface area contributed by atoms with Crippen LogP contribution >= 0.6 is 6.04 Å². The summed E-state index contributed by atoms with van der Waals surface area (Å²) in [5, 5.41) is 0. The van der Waals surface area contributed by atoms with Gasteiger partial charge < -0.3 is 0 Å². The van der Waals surface area contributed by atoms with E-state index < -0.39 is 6.04 Å². The topological polar surface area (TPSA) is 0 Å². The standard InChI is InChI=1S/C12H17PS/c1-11-6-5-9-13(11,14)10-12-7-3-2-4-8-12/h2-4,7-8,11H,5-6,9-10H2,1H3/t11-,13+/m0/s1. The van der Waals surface area contributed by atoms with Crippen LogP contribution in [0.25, 0.3) is 0 Å². The molecule has 1 aliphatic rings. The molecule has 0 N–H and O–H groups in total. The fourth-order valence-electron chi connectivity index (χ4n) is 2.24. The Morgan fingerprint density at radius 3 is 2.64 bits per heavy atom. The highest BCUT2D eigenvalue weighted by Crippen LogP contribution is 2.60. The highest BCUT2D eigenvalue weighted by Gasteiger charge is 2.29. The second-order valence-corrected chi connectivity index (χ2v) is 10.0. The molecule has 1 aliphatic heterocycles. The van der Waals surface area contributed by atoms with Gasteiger partial charge in [-0.1, -0.05) is 49.1 Å². The maximum atomic E-state index is 5.88. The van der Waals surface area contributed by atoms with E-state index in [9.17, 15) is 0 Å². The van der Waals surface area contributed by atoms with Crippen LogP contribution < -0.4 is 0 Å². The van der Waals surface area contributed by atoms with Gasteiger partial charge in [-0.15, -0.1) is 0 Å². The number of rotatable bonds is 2. The molecule has 0 aliphatic carbocycles. The lowest BCUT2D eigenvalue weighted by molar-refractivity contribution is 0.835. The Morgan fingerprint density at radius 1 is 1.36 bits per heavy atom. The second-order valence-electron chi connectivity index (χ2n) is 4.31. The number of benzene rings is 1. The number of hydrogen-bond donors (Lipinski definition) is 0. The van der Waals surface area contributed by atoms with Gasteiger partial charge in [-0.05, 0) is 36.3 Å². The minimum atomic E-state index is -1.05. The normalized spacial score (nSPS) is 31.9. The van der Waals surface area contributed by atoms with Crippen molar-refractivity contribution in [1.29, 1.82) is 0 Å². The molecule has 1 fully saturated rings. The van der Waals surface area contributed by atoms with Crippen molar-refractivity contribution < 1.29 is 0 Å². The fraction of sp³-hybridized carbons (Fsp3) is 0.500. The third-order valence-corrected chi connectivity index (χ3v) is 9.11. The van der Waals surface area contributed by atoms with Crippen molar-refractivity contribution in [2.75, 3.05) is 6.16 Å². The van der Waals surface area contributed by atoms with Gasteiger partial charge in [0.2, 0.25) is 0 Å². The Morgan fingerprint density at radius 2 is 2.07 bits per heavy atom. The van der Waals surface area contributed by atoms with Crippen LogP contribution in [-0.2, 0) is 18.0 Å². The van der Waals surface area contributed by atoms with Gasteiger partial charge in [0.15, 0.2) is 0 Å². The molecule has 0 nitrogen and oxygen atoms in total. The smallest absolute Gasteiger partial charge is 0.00201 e. The van der Waals surface area contributed by atoms with Crippen LogP contribution in [0.3, 0.4) is 0 Å². The summed E-state index contributed by atoms with van der Waals surface area (Å²) < 4.78 is 0. The molecule has 0 unspecified atom stereocenters. The van der Waals surface area contributed by atoms with Crippen LogP contribution in [0.2, 0.25) is 0 Å². The highest BCUT2D eigenvalue weighted by atomic mass is 32.4. The number of hydrogen-bond acceptors (Lipinski definition) is 1. The summed E-state index contributed by atoms with van der Waals surface area (Å²) in [6.07, 6.45) is 5.25. The molecule has 0 saturated carbocycles. The van der Waals surface area contributed by atoms with Crippen molar-refractivity contribution in [3.63, 3.8) is 0 Å². The molecule has 14 heavy (non-hydrogen) atoms. The van der Waals surface area contributed by atoms with E-state index in [1.54, 1.807) is 0 Å². The molecule has 1 aromatic rings. The first-order valence-electron chi connectivity index (χ1n) is 5.32. The van der Waals surface area contributed by atoms with E-state index in [1.165, 1.54) is 30.7 Å². The van der Waals surface area contributed by atoms with Gasteiger partial charge in [0.1, 0.15) is 0 Å². The summed E-state index contributed by atoms with van der Waals surface area (Å²) in [7, 11) is 0. The van der Waals surface area contributed by atoms with E-state index >= 15 is 0 Å². The summed E-state index contributed by atoms with van der Waals surface area (Å²) >= 11 is 5.88. The predicted molar refractivity (Wildman–Crippen MR) is 68.0 cm³/mol. The largest absolute Gasteiger partial charge is 0.0969 e. The Labute approximate surface area is 91.7 Å². The lowest BCUT2D eigenvalue weighted by Crippen LogP contribution is -1.98. The van der Waals surface area contributed by atoms with E-state index in [2.05, 4.69) is 37.3 Å². The first-order valence-corrected chi connectivity index (χ1v) is 8.56. The van der Waals surface area contributed by atoms with Gasteiger partial charge >= 0.3 is 0 Å². The molecule has 0 bridgehead atoms. The van der Waals surface area contributed by atoms with Crippen molar-refractivity contribution in [1.82, 2.24) is 0 Å². The highest BCUT2D eigenvalue weighted by molar-refractivity contribution is 8.14. The average molecular weight is 224 g/mol. The quantitative estimate of drug-likeness (QED) is 0.688. The van der Waals surface area contributed by atoms with Gasteiger partial charge in [0.05, 0.1) is 0 Å². The van der Waals surface area contributed by atoms with Gasteiger partial charge in [-0.25, -0.2) is 0 Å². The molecule has 76 valence electrons. The van der Waals surface area contributed by atoms with Crippen molar-refractivity contribution >= 4 is 17.8 Å². The van der Waals surface area contributed by atoms with Gasteiger partial charge in [0.25, 0.3) is 0 Å². The molecular formula is C12H17PS. The summed E-state index contributed by atoms with van der Waals surface area (Å²) in [5.41, 5.74) is 2.27. The van der Waals surface area contributed by atoms with Crippen molar-refractivity contribution in [2.24, 2.45) is 0 Å². The van der Waals surface area contributed by atoms with E-state index in [0.717, 1.165) is 5.66 Å². The first-order chi connectivity index (χ1) is 6.71. The van der Waals surface area contributed by atoms with Gasteiger partial charge in [-0.2, -0.15) is 0 Å². The lowest BCUT2D eigenvalue weighted by atomic mass is 10.2. The minimum Gasteiger partial charge on any atom is -0.0969 e. The maximum Gasteiger partial charge on any atom is 0.00201 e. The Hall–Kier alpha value is -0.130. The van der Waals surface area contributed by atoms with E-state index in [1.807, 2.05) is 0 Å². The monoisotopic (exact) mass is 224 g/mol. The third-order valence-electron chi connectivity index (χ3n) is 3.25. The second kappa shape index (κ2) is 4.16. The molecule has 2 atom stereocenters. The molecule has 1 saturated heterocycles. The van der Waals surface area contributed by atoms with E-state index in [-0.39, 0.29) is 0 Å². The van der Waals surface area contributed by atoms with Crippen LogP contribution in [0.1, 0.15) is 25.3 Å². The molecule has 2 heteroatoms. The molecule has 0 spiro atoms. The van der Waals surface area contributed by atoms with Crippen molar-refractivity contribution in [3.8, 4) is 0 Å². The summed E-state index contributed by atoms with van der Waals surface area (Å²) in [5.74, 6) is 0. The average Bonchev–Trinajstić information content (AvgIpc) is 2.48. The molecular weight excluding hydrogens is 207 g/mol. The van der Waals surface area contributed by atoms with Crippen LogP contribution in [0.4, 0.5) is 0 Å². The maximum absolute atomic E-state index is 5.88. The van der Waals surface area contributed by atoms with Crippen LogP contribution in [-0.4, -0.2) is 11.8 Å². The third kappa shape index (κ3) is 2.10. The van der Waals surface area contributed by atoms with Crippen LogP contribution in [0.15, 0.2) is 30.3 Å². The Balaban J connectivity index is 2.15.